The molecule has 3 amide bonds. The maximum Gasteiger partial charge on any atom is 0.414 e. The summed E-state index contributed by atoms with van der Waals surface area (Å²) in [5, 5.41) is 7.27. The van der Waals surface area contributed by atoms with E-state index < -0.39 is 102 Å². The number of rotatable bonds is 11. The molecule has 0 saturated heterocycles. The van der Waals surface area contributed by atoms with Crippen molar-refractivity contribution in [3.63, 3.8) is 0 Å². The third-order valence-electron chi connectivity index (χ3n) is 6.37. The van der Waals surface area contributed by atoms with E-state index in [1.165, 1.54) is 0 Å². The molecule has 292 valence electrons. The summed E-state index contributed by atoms with van der Waals surface area (Å²) in [5.41, 5.74) is -1.34. The van der Waals surface area contributed by atoms with Crippen LogP contribution >= 0.6 is 0 Å². The van der Waals surface area contributed by atoms with Crippen molar-refractivity contribution in [2.45, 2.75) is 117 Å². The van der Waals surface area contributed by atoms with Gasteiger partial charge in [-0.05, 0) is 53.2 Å². The maximum absolute atomic E-state index is 13.6. The van der Waals surface area contributed by atoms with Crippen LogP contribution in [0.15, 0.2) is 47.2 Å². The average Bonchev–Trinajstić information content (AvgIpc) is 2.99. The number of hydrogen-bond donors (Lipinski definition) is 3. The van der Waals surface area contributed by atoms with Crippen LogP contribution in [0.2, 0.25) is 0 Å². The van der Waals surface area contributed by atoms with Gasteiger partial charge in [0, 0.05) is 27.7 Å². The number of ether oxygens (including phenoxy) is 7. The molecule has 1 aliphatic heterocycles. The second-order valence-corrected chi connectivity index (χ2v) is 13.6. The van der Waals surface area contributed by atoms with Gasteiger partial charge in [0.05, 0.1) is 12.1 Å². The minimum atomic E-state index is -1.68. The van der Waals surface area contributed by atoms with E-state index in [2.05, 4.69) is 20.9 Å². The van der Waals surface area contributed by atoms with Crippen LogP contribution in [0, 0.1) is 0 Å². The highest BCUT2D eigenvalue weighted by Gasteiger charge is 2.48. The number of carbonyl (C=O) groups excluding carboxylic acids is 7. The lowest BCUT2D eigenvalue weighted by Crippen LogP contribution is -2.61. The van der Waals surface area contributed by atoms with E-state index >= 15 is 0 Å². The Balaban J connectivity index is 2.82. The van der Waals surface area contributed by atoms with E-state index in [-0.39, 0.29) is 6.61 Å². The van der Waals surface area contributed by atoms with Crippen LogP contribution in [-0.2, 0) is 63.7 Å². The lowest BCUT2D eigenvalue weighted by Gasteiger charge is -2.40. The fourth-order valence-electron chi connectivity index (χ4n) is 4.61. The molecule has 0 saturated carbocycles. The van der Waals surface area contributed by atoms with E-state index in [0.29, 0.717) is 5.56 Å². The summed E-state index contributed by atoms with van der Waals surface area (Å²) in [7, 11) is 0. The summed E-state index contributed by atoms with van der Waals surface area (Å²) in [6.45, 7) is 13.1. The van der Waals surface area contributed by atoms with Gasteiger partial charge in [-0.2, -0.15) is 0 Å². The van der Waals surface area contributed by atoms with E-state index in [1.54, 1.807) is 71.9 Å². The Bertz CT molecular complexity index is 1530. The molecule has 0 radical (unpaired) electrons. The number of nitrogens with one attached hydrogen (secondary N) is 3. The zero-order chi connectivity index (χ0) is 40.1. The van der Waals surface area contributed by atoms with E-state index in [4.69, 9.17) is 33.2 Å². The van der Waals surface area contributed by atoms with Gasteiger partial charge in [-0.15, -0.1) is 0 Å². The van der Waals surface area contributed by atoms with Gasteiger partial charge in [0.25, 0.3) is 0 Å². The molecule has 0 fully saturated rings. The highest BCUT2D eigenvalue weighted by Crippen LogP contribution is 2.29. The van der Waals surface area contributed by atoms with Crippen molar-refractivity contribution in [2.24, 2.45) is 4.99 Å². The van der Waals surface area contributed by atoms with Crippen molar-refractivity contribution in [1.82, 2.24) is 16.0 Å². The zero-order valence-corrected chi connectivity index (χ0v) is 31.4. The fraction of sp³-hybridized carbons (Fsp3) is 0.543. The summed E-state index contributed by atoms with van der Waals surface area (Å²) in [6.07, 6.45) is -5.83. The van der Waals surface area contributed by atoms with Crippen molar-refractivity contribution < 1.29 is 66.7 Å². The van der Waals surface area contributed by atoms with Gasteiger partial charge in [-0.25, -0.2) is 19.4 Å². The molecule has 1 heterocycles. The predicted molar refractivity (Wildman–Crippen MR) is 185 cm³/mol. The molecule has 18 heteroatoms. The van der Waals surface area contributed by atoms with Crippen LogP contribution in [0.25, 0.3) is 0 Å². The first kappa shape index (κ1) is 43.5. The number of esters is 4. The molecule has 1 aromatic rings. The highest BCUT2D eigenvalue weighted by atomic mass is 16.6. The van der Waals surface area contributed by atoms with E-state index in [9.17, 15) is 33.6 Å². The number of aliphatic imine (C=N–C) groups is 1. The summed E-state index contributed by atoms with van der Waals surface area (Å²) >= 11 is 0. The van der Waals surface area contributed by atoms with Crippen molar-refractivity contribution >= 4 is 47.9 Å². The molecule has 1 aromatic carbocycles. The molecular formula is C35H48N4O14. The Hall–Kier alpha value is -5.68. The molecule has 5 atom stereocenters. The summed E-state index contributed by atoms with van der Waals surface area (Å²) in [5.74, 6) is -5.33. The van der Waals surface area contributed by atoms with E-state index in [0.717, 1.165) is 33.8 Å². The molecule has 0 aliphatic carbocycles. The van der Waals surface area contributed by atoms with Gasteiger partial charge in [0.2, 0.25) is 17.6 Å². The van der Waals surface area contributed by atoms with Crippen LogP contribution in [0.4, 0.5) is 9.59 Å². The van der Waals surface area contributed by atoms with Gasteiger partial charge in [0.15, 0.2) is 18.3 Å². The van der Waals surface area contributed by atoms with Crippen molar-refractivity contribution in [3.8, 4) is 0 Å². The molecule has 0 aromatic heterocycles. The van der Waals surface area contributed by atoms with Crippen molar-refractivity contribution in [3.05, 3.63) is 47.7 Å². The lowest BCUT2D eigenvalue weighted by atomic mass is 9.92. The third kappa shape index (κ3) is 16.5. The molecule has 18 nitrogen and oxygen atoms in total. The van der Waals surface area contributed by atoms with Crippen LogP contribution in [0.5, 0.6) is 0 Å². The molecule has 0 bridgehead atoms. The second-order valence-electron chi connectivity index (χ2n) is 13.6. The second kappa shape index (κ2) is 19.2. The SMILES string of the molecule is CC(=O)N[C@H]1[C@H]([C@H](OC(C)=O)[C@@H](COC(C)=O)OC(C)=O)OC(C(=O)OCc2ccccc2)=C[C@@H]1N=C(NC(=O)OC(C)(C)C)NC(=O)OC(C)(C)C. The number of alkyl carbamates (subject to hydrolysis) is 2. The Morgan fingerprint density at radius 1 is 0.774 bits per heavy atom. The molecular weight excluding hydrogens is 700 g/mol. The first-order valence-corrected chi connectivity index (χ1v) is 16.4. The molecule has 0 unspecified atom stereocenters. The van der Waals surface area contributed by atoms with Gasteiger partial charge in [-0.1, -0.05) is 30.3 Å². The topological polar surface area (TPSA) is 233 Å². The highest BCUT2D eigenvalue weighted by molar-refractivity contribution is 6.01. The quantitative estimate of drug-likeness (QED) is 0.128. The molecule has 0 spiro atoms. The lowest BCUT2D eigenvalue weighted by molar-refractivity contribution is -0.188. The zero-order valence-electron chi connectivity index (χ0n) is 31.4. The molecule has 3 N–H and O–H groups in total. The Kier molecular flexibility index (Phi) is 15.8. The summed E-state index contributed by atoms with van der Waals surface area (Å²) < 4.78 is 38.2. The van der Waals surface area contributed by atoms with Gasteiger partial charge in [0.1, 0.15) is 24.4 Å². The molecule has 2 rings (SSSR count). The van der Waals surface area contributed by atoms with E-state index in [1.807, 2.05) is 0 Å². The largest absolute Gasteiger partial charge is 0.477 e. The normalized spacial score (nSPS) is 17.8. The monoisotopic (exact) mass is 748 g/mol. The Labute approximate surface area is 307 Å². The summed E-state index contributed by atoms with van der Waals surface area (Å²) in [4.78, 5) is 93.0. The van der Waals surface area contributed by atoms with Crippen LogP contribution < -0.4 is 16.0 Å². The number of guanidine groups is 1. The smallest absolute Gasteiger partial charge is 0.414 e. The minimum Gasteiger partial charge on any atom is -0.477 e. The number of nitrogens with zero attached hydrogens (tertiary/aromatic N) is 1. The van der Waals surface area contributed by atoms with Crippen molar-refractivity contribution in [1.29, 1.82) is 0 Å². The van der Waals surface area contributed by atoms with Crippen LogP contribution in [-0.4, -0.2) is 96.1 Å². The van der Waals surface area contributed by atoms with Gasteiger partial charge >= 0.3 is 36.1 Å². The maximum atomic E-state index is 13.6. The van der Waals surface area contributed by atoms with Gasteiger partial charge < -0.3 is 38.5 Å². The number of carbonyl (C=O) groups is 7. The number of amides is 3. The molecule has 1 aliphatic rings. The van der Waals surface area contributed by atoms with Crippen LogP contribution in [0.3, 0.4) is 0 Å². The molecule has 53 heavy (non-hydrogen) atoms. The van der Waals surface area contributed by atoms with Crippen molar-refractivity contribution in [2.75, 3.05) is 6.61 Å². The van der Waals surface area contributed by atoms with Gasteiger partial charge in [-0.3, -0.25) is 29.8 Å². The standard InChI is InChI=1S/C35H48N4O14/c1-19(40)36-27-24(37-31(38-32(45)52-34(5,6)7)39-33(46)53-35(8,9)10)16-25(30(44)48-17-23-14-12-11-13-15-23)51-29(27)28(50-22(4)43)26(49-21(3)42)18-47-20(2)41/h11-16,24,26-29H,17-18H2,1-10H3,(H,36,40)(H2,37,38,39,45,46)/t24-,26+,27+,28+,29+/m0/s1. The Morgan fingerprint density at radius 2 is 1.32 bits per heavy atom. The fourth-order valence-corrected chi connectivity index (χ4v) is 4.61. The minimum absolute atomic E-state index is 0.199. The first-order chi connectivity index (χ1) is 24.5. The van der Waals surface area contributed by atoms with Crippen LogP contribution in [0.1, 0.15) is 74.8 Å². The third-order valence-corrected chi connectivity index (χ3v) is 6.37. The predicted octanol–water partition coefficient (Wildman–Crippen LogP) is 2.72. The summed E-state index contributed by atoms with van der Waals surface area (Å²) in [6, 6.07) is 5.80. The first-order valence-electron chi connectivity index (χ1n) is 16.4. The number of benzene rings is 1. The Morgan fingerprint density at radius 3 is 1.79 bits per heavy atom. The average molecular weight is 749 g/mol. The number of hydrogen-bond acceptors (Lipinski definition) is 15.